The van der Waals surface area contributed by atoms with Gasteiger partial charge in [0.15, 0.2) is 6.29 Å². The van der Waals surface area contributed by atoms with E-state index in [1.807, 2.05) is 12.1 Å². The Kier molecular flexibility index (Phi) is 8.53. The Balaban J connectivity index is 0.00000132. The van der Waals surface area contributed by atoms with Crippen LogP contribution in [-0.4, -0.2) is 37.6 Å². The monoisotopic (exact) mass is 421 g/mol. The van der Waals surface area contributed by atoms with Gasteiger partial charge in [0, 0.05) is 42.9 Å². The van der Waals surface area contributed by atoms with Gasteiger partial charge < -0.3 is 20.5 Å². The molecule has 164 valence electrons. The maximum Gasteiger partial charge on any atom is 0.219 e. The van der Waals surface area contributed by atoms with Crippen molar-refractivity contribution in [3.8, 4) is 11.6 Å². The van der Waals surface area contributed by atoms with Crippen LogP contribution in [0.2, 0.25) is 0 Å². The van der Waals surface area contributed by atoms with Gasteiger partial charge in [-0.15, -0.1) is 0 Å². The molecule has 4 rings (SSSR count). The number of ether oxygens (including phenoxy) is 2. The van der Waals surface area contributed by atoms with Crippen molar-refractivity contribution in [3.63, 3.8) is 0 Å². The number of benzene rings is 2. The van der Waals surface area contributed by atoms with Gasteiger partial charge in [-0.1, -0.05) is 30.3 Å². The van der Waals surface area contributed by atoms with Gasteiger partial charge in [-0.3, -0.25) is 4.79 Å². The van der Waals surface area contributed by atoms with E-state index in [2.05, 4.69) is 40.3 Å². The number of aromatic nitrogens is 1. The van der Waals surface area contributed by atoms with Crippen molar-refractivity contribution in [2.75, 3.05) is 14.2 Å². The average Bonchev–Trinajstić information content (AvgIpc) is 2.85. The number of fused-ring (bicyclic) bond motifs is 1. The van der Waals surface area contributed by atoms with Gasteiger partial charge in [0.2, 0.25) is 5.88 Å². The third kappa shape index (κ3) is 5.88. The molecule has 0 amide bonds. The molecule has 3 aromatic rings. The standard InChI is InChI=1S/C24H26N2O3.CH5N/c1-28-20-10-8-19(9-11-20)25-15-18-7-12-23(22-5-3-2-4-21(18)22)29-24-13-6-17(16-27)14-26-24;1-2/h2-7,12-14,16,19-20,25H,8-11,15H2,1H3;2H2,1H3. The lowest BCUT2D eigenvalue weighted by atomic mass is 9.92. The Morgan fingerprint density at radius 2 is 1.77 bits per heavy atom. The van der Waals surface area contributed by atoms with E-state index in [1.165, 1.54) is 24.2 Å². The summed E-state index contributed by atoms with van der Waals surface area (Å²) in [7, 11) is 3.31. The summed E-state index contributed by atoms with van der Waals surface area (Å²) >= 11 is 0. The molecule has 31 heavy (non-hydrogen) atoms. The van der Waals surface area contributed by atoms with E-state index in [9.17, 15) is 4.79 Å². The Morgan fingerprint density at radius 1 is 1.03 bits per heavy atom. The van der Waals surface area contributed by atoms with Crippen molar-refractivity contribution < 1.29 is 14.3 Å². The molecule has 1 saturated carbocycles. The zero-order valence-corrected chi connectivity index (χ0v) is 18.2. The summed E-state index contributed by atoms with van der Waals surface area (Å²) in [5.74, 6) is 1.23. The number of hydrogen-bond acceptors (Lipinski definition) is 6. The van der Waals surface area contributed by atoms with Crippen molar-refractivity contribution in [3.05, 3.63) is 65.9 Å². The van der Waals surface area contributed by atoms with Gasteiger partial charge in [-0.2, -0.15) is 0 Å². The minimum atomic E-state index is 0.416. The van der Waals surface area contributed by atoms with Crippen LogP contribution in [0.15, 0.2) is 54.7 Å². The number of aldehydes is 1. The first-order valence-corrected chi connectivity index (χ1v) is 10.7. The Labute approximate surface area is 183 Å². The smallest absolute Gasteiger partial charge is 0.219 e. The van der Waals surface area contributed by atoms with Gasteiger partial charge in [0.25, 0.3) is 0 Å². The molecule has 3 N–H and O–H groups in total. The highest BCUT2D eigenvalue weighted by atomic mass is 16.5. The molecule has 1 heterocycles. The summed E-state index contributed by atoms with van der Waals surface area (Å²) in [6.07, 6.45) is 7.26. The summed E-state index contributed by atoms with van der Waals surface area (Å²) < 4.78 is 11.5. The molecule has 0 saturated heterocycles. The first-order valence-electron chi connectivity index (χ1n) is 10.7. The average molecular weight is 422 g/mol. The zero-order chi connectivity index (χ0) is 22.1. The SMILES string of the molecule is CN.COC1CCC(NCc2ccc(Oc3ccc(C=O)cn3)c3ccccc23)CC1. The number of pyridine rings is 1. The minimum absolute atomic E-state index is 0.416. The lowest BCUT2D eigenvalue weighted by Crippen LogP contribution is -2.34. The van der Waals surface area contributed by atoms with Crippen LogP contribution >= 0.6 is 0 Å². The normalized spacial score (nSPS) is 18.2. The second kappa shape index (κ2) is 11.6. The second-order valence-corrected chi connectivity index (χ2v) is 7.51. The molecule has 0 bridgehead atoms. The second-order valence-electron chi connectivity index (χ2n) is 7.51. The first kappa shape index (κ1) is 22.9. The molecule has 6 heteroatoms. The maximum atomic E-state index is 10.8. The highest BCUT2D eigenvalue weighted by molar-refractivity contribution is 5.91. The number of nitrogens with zero attached hydrogens (tertiary/aromatic N) is 1. The summed E-state index contributed by atoms with van der Waals surface area (Å²) in [4.78, 5) is 15.0. The number of methoxy groups -OCH3 is 1. The molecule has 0 atom stereocenters. The minimum Gasteiger partial charge on any atom is -0.438 e. The maximum absolute atomic E-state index is 10.8. The van der Waals surface area contributed by atoms with Crippen molar-refractivity contribution in [2.45, 2.75) is 44.4 Å². The van der Waals surface area contributed by atoms with E-state index >= 15 is 0 Å². The van der Waals surface area contributed by atoms with Crippen LogP contribution in [0.5, 0.6) is 11.6 Å². The van der Waals surface area contributed by atoms with Gasteiger partial charge in [-0.05, 0) is 55.8 Å². The largest absolute Gasteiger partial charge is 0.438 e. The summed E-state index contributed by atoms with van der Waals surface area (Å²) in [6, 6.07) is 16.3. The predicted octanol–water partition coefficient (Wildman–Crippen LogP) is 4.46. The van der Waals surface area contributed by atoms with Crippen LogP contribution in [0.25, 0.3) is 10.8 Å². The Morgan fingerprint density at radius 3 is 2.42 bits per heavy atom. The number of carbonyl (C=O) groups is 1. The van der Waals surface area contributed by atoms with Crippen molar-refractivity contribution in [2.24, 2.45) is 5.73 Å². The Hall–Kier alpha value is -2.80. The van der Waals surface area contributed by atoms with E-state index in [0.29, 0.717) is 23.6 Å². The quantitative estimate of drug-likeness (QED) is 0.548. The van der Waals surface area contributed by atoms with Gasteiger partial charge in [0.1, 0.15) is 5.75 Å². The first-order chi connectivity index (χ1) is 15.3. The van der Waals surface area contributed by atoms with E-state index in [0.717, 1.165) is 49.6 Å². The Bertz CT molecular complexity index is 967. The van der Waals surface area contributed by atoms with Crippen LogP contribution in [-0.2, 0) is 11.3 Å². The molecule has 1 aromatic heterocycles. The zero-order valence-electron chi connectivity index (χ0n) is 18.2. The molecule has 0 aliphatic heterocycles. The molecule has 0 radical (unpaired) electrons. The van der Waals surface area contributed by atoms with Crippen molar-refractivity contribution in [1.29, 1.82) is 0 Å². The topological polar surface area (TPSA) is 86.5 Å². The number of hydrogen-bond donors (Lipinski definition) is 2. The van der Waals surface area contributed by atoms with E-state index < -0.39 is 0 Å². The fourth-order valence-corrected chi connectivity index (χ4v) is 3.97. The van der Waals surface area contributed by atoms with Crippen molar-refractivity contribution >= 4 is 17.1 Å². The van der Waals surface area contributed by atoms with Crippen LogP contribution in [0.3, 0.4) is 0 Å². The summed E-state index contributed by atoms with van der Waals surface area (Å²) in [5, 5.41) is 5.94. The van der Waals surface area contributed by atoms with E-state index in [-0.39, 0.29) is 0 Å². The third-order valence-corrected chi connectivity index (χ3v) is 5.67. The van der Waals surface area contributed by atoms with Crippen LogP contribution in [0.1, 0.15) is 41.6 Å². The van der Waals surface area contributed by atoms with Crippen LogP contribution in [0, 0.1) is 0 Å². The number of carbonyl (C=O) groups excluding carboxylic acids is 1. The molecule has 6 nitrogen and oxygen atoms in total. The molecule has 1 aliphatic rings. The predicted molar refractivity (Wildman–Crippen MR) is 124 cm³/mol. The van der Waals surface area contributed by atoms with Gasteiger partial charge >= 0.3 is 0 Å². The highest BCUT2D eigenvalue weighted by Gasteiger charge is 2.20. The van der Waals surface area contributed by atoms with Crippen LogP contribution < -0.4 is 15.8 Å². The van der Waals surface area contributed by atoms with Crippen molar-refractivity contribution in [1.82, 2.24) is 10.3 Å². The molecule has 0 spiro atoms. The lowest BCUT2D eigenvalue weighted by Gasteiger charge is -2.28. The molecule has 0 unspecified atom stereocenters. The number of rotatable bonds is 7. The molecular weight excluding hydrogens is 390 g/mol. The summed E-state index contributed by atoms with van der Waals surface area (Å²) in [6.45, 7) is 0.829. The van der Waals surface area contributed by atoms with Gasteiger partial charge in [0.05, 0.1) is 6.10 Å². The highest BCUT2D eigenvalue weighted by Crippen LogP contribution is 2.32. The summed E-state index contributed by atoms with van der Waals surface area (Å²) in [5.41, 5.74) is 6.29. The van der Waals surface area contributed by atoms with E-state index in [4.69, 9.17) is 9.47 Å². The molecule has 1 fully saturated rings. The van der Waals surface area contributed by atoms with Gasteiger partial charge in [-0.25, -0.2) is 4.98 Å². The lowest BCUT2D eigenvalue weighted by molar-refractivity contribution is 0.0624. The third-order valence-electron chi connectivity index (χ3n) is 5.67. The van der Waals surface area contributed by atoms with Crippen LogP contribution in [0.4, 0.5) is 0 Å². The fourth-order valence-electron chi connectivity index (χ4n) is 3.97. The number of nitrogens with two attached hydrogens (primary N) is 1. The molecule has 2 aromatic carbocycles. The molecule has 1 aliphatic carbocycles. The molecular formula is C25H31N3O3. The fraction of sp³-hybridized carbons (Fsp3) is 0.360. The number of nitrogens with one attached hydrogen (secondary N) is 1. The van der Waals surface area contributed by atoms with E-state index in [1.54, 1.807) is 19.2 Å².